The maximum Gasteiger partial charge on any atom is 0.251 e. The molecule has 3 aromatic rings. The highest BCUT2D eigenvalue weighted by molar-refractivity contribution is 6.30. The molecule has 32 heavy (non-hydrogen) atoms. The highest BCUT2D eigenvalue weighted by Gasteiger charge is 2.11. The van der Waals surface area contributed by atoms with E-state index in [-0.39, 0.29) is 30.7 Å². The van der Waals surface area contributed by atoms with Crippen molar-refractivity contribution < 1.29 is 14.8 Å². The third-order valence-corrected chi connectivity index (χ3v) is 4.66. The Hall–Kier alpha value is -4.11. The van der Waals surface area contributed by atoms with Crippen LogP contribution < -0.4 is 21.7 Å². The second kappa shape index (κ2) is 10.8. The van der Waals surface area contributed by atoms with E-state index in [0.29, 0.717) is 33.1 Å². The van der Waals surface area contributed by atoms with Crippen LogP contribution in [0.2, 0.25) is 5.02 Å². The zero-order chi connectivity index (χ0) is 22.9. The van der Waals surface area contributed by atoms with Crippen LogP contribution in [0.15, 0.2) is 72.1 Å². The first-order valence-corrected chi connectivity index (χ1v) is 9.92. The average molecular weight is 453 g/mol. The minimum atomic E-state index is -0.298. The van der Waals surface area contributed by atoms with Gasteiger partial charge >= 0.3 is 0 Å². The molecule has 0 aliphatic rings. The number of carbonyl (C=O) groups excluding carboxylic acids is 2. The number of hydrogen-bond donors (Lipinski definition) is 5. The van der Waals surface area contributed by atoms with Gasteiger partial charge in [-0.3, -0.25) is 14.6 Å². The number of oxime groups is 1. The number of amidine groups is 1. The van der Waals surface area contributed by atoms with Crippen molar-refractivity contribution in [3.8, 4) is 0 Å². The van der Waals surface area contributed by atoms with Crippen LogP contribution >= 0.6 is 11.6 Å². The number of halogens is 1. The van der Waals surface area contributed by atoms with Gasteiger partial charge in [-0.15, -0.1) is 0 Å². The molecule has 1 heterocycles. The summed E-state index contributed by atoms with van der Waals surface area (Å²) in [7, 11) is 0. The van der Waals surface area contributed by atoms with Crippen LogP contribution in [0.4, 0.5) is 11.4 Å². The molecule has 0 bridgehead atoms. The van der Waals surface area contributed by atoms with Gasteiger partial charge in [-0.2, -0.15) is 0 Å². The zero-order valence-electron chi connectivity index (χ0n) is 16.9. The predicted molar refractivity (Wildman–Crippen MR) is 123 cm³/mol. The number of carbonyl (C=O) groups is 2. The highest BCUT2D eigenvalue weighted by Crippen LogP contribution is 2.19. The van der Waals surface area contributed by atoms with Gasteiger partial charge in [0, 0.05) is 34.6 Å². The first kappa shape index (κ1) is 22.6. The Labute approximate surface area is 189 Å². The Morgan fingerprint density at radius 2 is 1.94 bits per heavy atom. The Bertz CT molecular complexity index is 1140. The van der Waals surface area contributed by atoms with Gasteiger partial charge in [0.25, 0.3) is 5.91 Å². The molecule has 0 fully saturated rings. The number of anilines is 2. The van der Waals surface area contributed by atoms with Crippen LogP contribution in [0, 0.1) is 0 Å². The molecule has 1 aromatic heterocycles. The molecule has 0 radical (unpaired) electrons. The number of nitrogens with zero attached hydrogens (tertiary/aromatic N) is 2. The zero-order valence-corrected chi connectivity index (χ0v) is 17.6. The molecule has 0 saturated heterocycles. The van der Waals surface area contributed by atoms with E-state index in [1.165, 1.54) is 6.20 Å². The molecule has 10 heteroatoms. The molecule has 164 valence electrons. The summed E-state index contributed by atoms with van der Waals surface area (Å²) in [5, 5.41) is 21.0. The first-order chi connectivity index (χ1) is 15.5. The molecule has 0 atom stereocenters. The van der Waals surface area contributed by atoms with Crippen molar-refractivity contribution in [3.05, 3.63) is 88.7 Å². The van der Waals surface area contributed by atoms with Gasteiger partial charge in [0.05, 0.1) is 18.4 Å². The van der Waals surface area contributed by atoms with Gasteiger partial charge in [-0.1, -0.05) is 35.0 Å². The molecule has 0 spiro atoms. The fourth-order valence-electron chi connectivity index (χ4n) is 2.84. The molecule has 3 rings (SSSR count). The summed E-state index contributed by atoms with van der Waals surface area (Å²) in [6.45, 7) is 0.123. The number of hydrogen-bond acceptors (Lipinski definition) is 6. The quantitative estimate of drug-likeness (QED) is 0.154. The first-order valence-electron chi connectivity index (χ1n) is 9.54. The molecular weight excluding hydrogens is 432 g/mol. The van der Waals surface area contributed by atoms with Crippen molar-refractivity contribution in [2.75, 3.05) is 17.2 Å². The molecule has 2 aromatic carbocycles. The second-order valence-corrected chi connectivity index (χ2v) is 7.13. The van der Waals surface area contributed by atoms with Crippen molar-refractivity contribution in [1.29, 1.82) is 0 Å². The summed E-state index contributed by atoms with van der Waals surface area (Å²) in [5.41, 5.74) is 8.38. The molecular formula is C22H21ClN6O3. The van der Waals surface area contributed by atoms with Crippen LogP contribution in [0.25, 0.3) is 0 Å². The van der Waals surface area contributed by atoms with Crippen LogP contribution in [0.5, 0.6) is 0 Å². The SMILES string of the molecule is NC(=NO)c1ccc(CNC(=O)c2cccc(Cl)c2)c(NCC(=O)Nc2cccnc2)c1. The lowest BCUT2D eigenvalue weighted by atomic mass is 10.1. The van der Waals surface area contributed by atoms with E-state index >= 15 is 0 Å². The third kappa shape index (κ3) is 6.19. The fourth-order valence-corrected chi connectivity index (χ4v) is 3.03. The highest BCUT2D eigenvalue weighted by atomic mass is 35.5. The average Bonchev–Trinajstić information content (AvgIpc) is 2.81. The summed E-state index contributed by atoms with van der Waals surface area (Å²) in [4.78, 5) is 28.7. The second-order valence-electron chi connectivity index (χ2n) is 6.69. The number of benzene rings is 2. The Kier molecular flexibility index (Phi) is 7.60. The summed E-state index contributed by atoms with van der Waals surface area (Å²) in [6, 6.07) is 15.0. The normalized spacial score (nSPS) is 11.0. The maximum absolute atomic E-state index is 12.4. The van der Waals surface area contributed by atoms with Crippen molar-refractivity contribution in [2.45, 2.75) is 6.54 Å². The third-order valence-electron chi connectivity index (χ3n) is 4.42. The standard InChI is InChI=1S/C22H21ClN6O3/c23-17-4-1-3-15(9-17)22(31)27-11-16-7-6-14(21(24)29-32)10-19(16)26-13-20(30)28-18-5-2-8-25-12-18/h1-10,12,26,32H,11,13H2,(H2,24,29)(H,27,31)(H,28,30). The van der Waals surface area contributed by atoms with E-state index in [1.54, 1.807) is 60.8 Å². The smallest absolute Gasteiger partial charge is 0.251 e. The van der Waals surface area contributed by atoms with Gasteiger partial charge in [-0.05, 0) is 42.0 Å². The monoisotopic (exact) mass is 452 g/mol. The van der Waals surface area contributed by atoms with Crippen LogP contribution in [-0.2, 0) is 11.3 Å². The van der Waals surface area contributed by atoms with Crippen molar-refractivity contribution in [2.24, 2.45) is 10.9 Å². The lowest BCUT2D eigenvalue weighted by molar-refractivity contribution is -0.114. The van der Waals surface area contributed by atoms with E-state index in [9.17, 15) is 9.59 Å². The molecule has 2 amide bonds. The number of pyridine rings is 1. The lowest BCUT2D eigenvalue weighted by Crippen LogP contribution is -2.25. The van der Waals surface area contributed by atoms with Gasteiger partial charge < -0.3 is 26.9 Å². The van der Waals surface area contributed by atoms with Crippen molar-refractivity contribution in [1.82, 2.24) is 10.3 Å². The molecule has 0 aliphatic carbocycles. The van der Waals surface area contributed by atoms with Crippen molar-refractivity contribution in [3.63, 3.8) is 0 Å². The number of amides is 2. The lowest BCUT2D eigenvalue weighted by Gasteiger charge is -2.15. The number of nitrogens with one attached hydrogen (secondary N) is 3. The summed E-state index contributed by atoms with van der Waals surface area (Å²) < 4.78 is 0. The van der Waals surface area contributed by atoms with Crippen LogP contribution in [0.1, 0.15) is 21.5 Å². The molecule has 0 saturated carbocycles. The van der Waals surface area contributed by atoms with Crippen molar-refractivity contribution >= 4 is 40.6 Å². The number of aromatic nitrogens is 1. The van der Waals surface area contributed by atoms with Crippen LogP contribution in [0.3, 0.4) is 0 Å². The molecule has 9 nitrogen and oxygen atoms in total. The van der Waals surface area contributed by atoms with Gasteiger partial charge in [-0.25, -0.2) is 0 Å². The summed E-state index contributed by atoms with van der Waals surface area (Å²) >= 11 is 5.95. The van der Waals surface area contributed by atoms with Gasteiger partial charge in [0.1, 0.15) is 0 Å². The van der Waals surface area contributed by atoms with Crippen LogP contribution in [-0.4, -0.2) is 34.4 Å². The topological polar surface area (TPSA) is 142 Å². The van der Waals surface area contributed by atoms with Gasteiger partial charge in [0.2, 0.25) is 5.91 Å². The fraction of sp³-hybridized carbons (Fsp3) is 0.0909. The van der Waals surface area contributed by atoms with E-state index in [0.717, 1.165) is 0 Å². The van der Waals surface area contributed by atoms with E-state index in [2.05, 4.69) is 26.1 Å². The van der Waals surface area contributed by atoms with E-state index < -0.39 is 0 Å². The molecule has 0 unspecified atom stereocenters. The Balaban J connectivity index is 1.72. The molecule has 6 N–H and O–H groups in total. The van der Waals surface area contributed by atoms with Gasteiger partial charge in [0.15, 0.2) is 5.84 Å². The Morgan fingerprint density at radius 3 is 2.66 bits per heavy atom. The minimum Gasteiger partial charge on any atom is -0.409 e. The predicted octanol–water partition coefficient (Wildman–Crippen LogP) is 2.81. The maximum atomic E-state index is 12.4. The van der Waals surface area contributed by atoms with E-state index in [1.807, 2.05) is 0 Å². The number of nitrogens with two attached hydrogens (primary N) is 1. The Morgan fingerprint density at radius 1 is 1.09 bits per heavy atom. The largest absolute Gasteiger partial charge is 0.409 e. The number of rotatable bonds is 8. The minimum absolute atomic E-state index is 0.0518. The van der Waals surface area contributed by atoms with E-state index in [4.69, 9.17) is 22.5 Å². The summed E-state index contributed by atoms with van der Waals surface area (Å²) in [6.07, 6.45) is 3.14. The molecule has 0 aliphatic heterocycles. The summed E-state index contributed by atoms with van der Waals surface area (Å²) in [5.74, 6) is -0.670.